The molecule has 4 heterocycles. The van der Waals surface area contributed by atoms with Crippen LogP contribution in [0, 0.1) is 0 Å². The Bertz CT molecular complexity index is 783. The Labute approximate surface area is 119 Å². The smallest absolute Gasteiger partial charge is 0.220 e. The minimum atomic E-state index is 0.540. The Balaban J connectivity index is 2.02. The van der Waals surface area contributed by atoms with E-state index in [1.165, 1.54) is 19.3 Å². The maximum atomic E-state index is 6.15. The third-order valence-corrected chi connectivity index (χ3v) is 4.31. The molecule has 1 fully saturated rings. The number of pyridine rings is 1. The average molecular weight is 283 g/mol. The molecule has 0 aromatic carbocycles. The molecule has 4 rings (SSSR count). The van der Waals surface area contributed by atoms with Gasteiger partial charge in [-0.15, -0.1) is 0 Å². The summed E-state index contributed by atoms with van der Waals surface area (Å²) < 4.78 is 3.89. The first-order chi connectivity index (χ1) is 9.75. The predicted octanol–water partition coefficient (Wildman–Crippen LogP) is 1.02. The number of nitrogens with zero attached hydrogens (tertiary/aromatic N) is 5. The first-order valence-electron chi connectivity index (χ1n) is 6.86. The first kappa shape index (κ1) is 11.8. The summed E-state index contributed by atoms with van der Waals surface area (Å²) in [6.45, 7) is 2.04. The van der Waals surface area contributed by atoms with Gasteiger partial charge in [0.05, 0.1) is 6.20 Å². The summed E-state index contributed by atoms with van der Waals surface area (Å²) in [6, 6.07) is 2.04. The average Bonchev–Trinajstić information content (AvgIpc) is 2.99. The number of aromatic nitrogens is 4. The SMILES string of the molecule is Nc1nc2cnc3c(ccn3[Si])c2n1N1CCCCC1. The van der Waals surface area contributed by atoms with Crippen molar-refractivity contribution in [2.24, 2.45) is 0 Å². The summed E-state index contributed by atoms with van der Waals surface area (Å²) in [7, 11) is 3.51. The van der Waals surface area contributed by atoms with E-state index in [2.05, 4.69) is 30.1 Å². The predicted molar refractivity (Wildman–Crippen MR) is 80.4 cm³/mol. The normalized spacial score (nSPS) is 16.4. The zero-order chi connectivity index (χ0) is 13.7. The van der Waals surface area contributed by atoms with Gasteiger partial charge in [-0.2, -0.15) is 0 Å². The molecule has 0 bridgehead atoms. The van der Waals surface area contributed by atoms with E-state index >= 15 is 0 Å². The number of anilines is 1. The molecule has 3 radical (unpaired) electrons. The Hall–Kier alpha value is -2.02. The third kappa shape index (κ3) is 1.56. The van der Waals surface area contributed by atoms with Crippen molar-refractivity contribution in [1.82, 2.24) is 18.9 Å². The lowest BCUT2D eigenvalue weighted by molar-refractivity contribution is 0.489. The molecule has 0 unspecified atom stereocenters. The summed E-state index contributed by atoms with van der Waals surface area (Å²) in [5.74, 6) is 0.540. The molecule has 0 aliphatic carbocycles. The Morgan fingerprint density at radius 3 is 2.80 bits per heavy atom. The minimum absolute atomic E-state index is 0.540. The molecule has 1 saturated heterocycles. The second kappa shape index (κ2) is 4.24. The summed E-state index contributed by atoms with van der Waals surface area (Å²) >= 11 is 0. The van der Waals surface area contributed by atoms with Gasteiger partial charge in [-0.25, -0.2) is 14.6 Å². The minimum Gasteiger partial charge on any atom is -0.368 e. The van der Waals surface area contributed by atoms with Gasteiger partial charge in [-0.3, -0.25) is 0 Å². The van der Waals surface area contributed by atoms with E-state index in [9.17, 15) is 0 Å². The monoisotopic (exact) mass is 283 g/mol. The van der Waals surface area contributed by atoms with Crippen molar-refractivity contribution >= 4 is 38.4 Å². The largest absolute Gasteiger partial charge is 0.368 e. The van der Waals surface area contributed by atoms with Crippen molar-refractivity contribution in [2.45, 2.75) is 19.3 Å². The van der Waals surface area contributed by atoms with Crippen LogP contribution in [-0.2, 0) is 0 Å². The van der Waals surface area contributed by atoms with Gasteiger partial charge in [0.25, 0.3) is 0 Å². The molecular weight excluding hydrogens is 268 g/mol. The van der Waals surface area contributed by atoms with E-state index in [4.69, 9.17) is 5.73 Å². The quantitative estimate of drug-likeness (QED) is 0.677. The number of nitrogens with two attached hydrogens (primary N) is 1. The number of nitrogen functional groups attached to an aromatic ring is 1. The highest BCUT2D eigenvalue weighted by molar-refractivity contribution is 6.13. The molecule has 3 aromatic heterocycles. The van der Waals surface area contributed by atoms with Gasteiger partial charge in [0.2, 0.25) is 5.95 Å². The highest BCUT2D eigenvalue weighted by Crippen LogP contribution is 2.27. The lowest BCUT2D eigenvalue weighted by atomic mass is 10.2. The molecule has 3 aromatic rings. The molecular formula is C13H15N6Si. The van der Waals surface area contributed by atoms with Gasteiger partial charge in [-0.1, -0.05) is 0 Å². The van der Waals surface area contributed by atoms with Gasteiger partial charge in [0, 0.05) is 18.5 Å². The number of hydrogen-bond donors (Lipinski definition) is 1. The van der Waals surface area contributed by atoms with E-state index in [0.29, 0.717) is 5.95 Å². The van der Waals surface area contributed by atoms with E-state index in [-0.39, 0.29) is 0 Å². The van der Waals surface area contributed by atoms with Crippen molar-refractivity contribution in [3.63, 3.8) is 0 Å². The zero-order valence-corrected chi connectivity index (χ0v) is 12.1. The van der Waals surface area contributed by atoms with Crippen LogP contribution >= 0.6 is 0 Å². The van der Waals surface area contributed by atoms with Crippen molar-refractivity contribution in [3.8, 4) is 0 Å². The number of imidazole rings is 1. The molecule has 1 aliphatic rings. The fourth-order valence-corrected chi connectivity index (χ4v) is 3.27. The van der Waals surface area contributed by atoms with Gasteiger partial charge in [0.1, 0.15) is 16.7 Å². The molecule has 101 valence electrons. The van der Waals surface area contributed by atoms with Crippen LogP contribution in [-0.4, -0.2) is 42.4 Å². The molecule has 1 aliphatic heterocycles. The summed E-state index contributed by atoms with van der Waals surface area (Å²) in [5.41, 5.74) is 8.92. The van der Waals surface area contributed by atoms with Crippen molar-refractivity contribution < 1.29 is 0 Å². The summed E-state index contributed by atoms with van der Waals surface area (Å²) in [6.07, 6.45) is 7.42. The highest BCUT2D eigenvalue weighted by atomic mass is 28.2. The van der Waals surface area contributed by atoms with Crippen molar-refractivity contribution in [2.75, 3.05) is 23.8 Å². The topological polar surface area (TPSA) is 64.9 Å². The third-order valence-electron chi connectivity index (χ3n) is 3.95. The second-order valence-corrected chi connectivity index (χ2v) is 5.69. The number of fused-ring (bicyclic) bond motifs is 3. The molecule has 6 nitrogen and oxygen atoms in total. The lowest BCUT2D eigenvalue weighted by Gasteiger charge is -2.30. The molecule has 0 atom stereocenters. The van der Waals surface area contributed by atoms with E-state index < -0.39 is 0 Å². The van der Waals surface area contributed by atoms with E-state index in [1.807, 2.05) is 16.5 Å². The Morgan fingerprint density at radius 2 is 2.00 bits per heavy atom. The van der Waals surface area contributed by atoms with Gasteiger partial charge in [-0.05, 0) is 31.5 Å². The molecule has 20 heavy (non-hydrogen) atoms. The standard InChI is InChI=1S/C13H15N6Si/c14-13-16-10-8-15-12-9(4-7-18(12)20)11(10)19(13)17-5-2-1-3-6-17/h4,7-8H,1-3,5-6H2,(H2,14,16). The molecule has 0 amide bonds. The number of rotatable bonds is 1. The second-order valence-electron chi connectivity index (χ2n) is 5.21. The van der Waals surface area contributed by atoms with Crippen LogP contribution in [0.1, 0.15) is 19.3 Å². The van der Waals surface area contributed by atoms with Crippen molar-refractivity contribution in [3.05, 3.63) is 18.5 Å². The first-order valence-corrected chi connectivity index (χ1v) is 7.31. The van der Waals surface area contributed by atoms with Crippen molar-refractivity contribution in [1.29, 1.82) is 0 Å². The van der Waals surface area contributed by atoms with Gasteiger partial charge in [0.15, 0.2) is 10.4 Å². The summed E-state index contributed by atoms with van der Waals surface area (Å²) in [4.78, 5) is 8.89. The fraction of sp³-hybridized carbons (Fsp3) is 0.385. The van der Waals surface area contributed by atoms with Gasteiger partial charge >= 0.3 is 0 Å². The lowest BCUT2D eigenvalue weighted by Crippen LogP contribution is -2.39. The van der Waals surface area contributed by atoms with E-state index in [1.54, 1.807) is 6.20 Å². The summed E-state index contributed by atoms with van der Waals surface area (Å²) in [5, 5.41) is 3.35. The molecule has 0 saturated carbocycles. The van der Waals surface area contributed by atoms with Crippen LogP contribution < -0.4 is 10.7 Å². The van der Waals surface area contributed by atoms with Crippen LogP contribution in [0.3, 0.4) is 0 Å². The number of hydrogen-bond acceptors (Lipinski definition) is 4. The molecule has 0 spiro atoms. The van der Waals surface area contributed by atoms with Crippen LogP contribution in [0.2, 0.25) is 0 Å². The maximum absolute atomic E-state index is 6.15. The highest BCUT2D eigenvalue weighted by Gasteiger charge is 2.19. The van der Waals surface area contributed by atoms with Crippen LogP contribution in [0.4, 0.5) is 5.95 Å². The van der Waals surface area contributed by atoms with E-state index in [0.717, 1.165) is 35.2 Å². The number of piperidine rings is 1. The van der Waals surface area contributed by atoms with Gasteiger partial charge < -0.3 is 15.0 Å². The van der Waals surface area contributed by atoms with Crippen LogP contribution in [0.5, 0.6) is 0 Å². The fourth-order valence-electron chi connectivity index (χ4n) is 3.02. The zero-order valence-electron chi connectivity index (χ0n) is 11.1. The maximum Gasteiger partial charge on any atom is 0.220 e. The molecule has 2 N–H and O–H groups in total. The van der Waals surface area contributed by atoms with Crippen LogP contribution in [0.25, 0.3) is 22.1 Å². The Kier molecular flexibility index (Phi) is 2.50. The Morgan fingerprint density at radius 1 is 1.20 bits per heavy atom. The van der Waals surface area contributed by atoms with Crippen LogP contribution in [0.15, 0.2) is 18.5 Å². The molecule has 7 heteroatoms.